The molecule has 0 aliphatic carbocycles. The fourth-order valence-electron chi connectivity index (χ4n) is 4.15. The zero-order chi connectivity index (χ0) is 24.5. The van der Waals surface area contributed by atoms with Crippen LogP contribution in [-0.2, 0) is 16.1 Å². The first kappa shape index (κ1) is 25.2. The van der Waals surface area contributed by atoms with E-state index in [4.69, 9.17) is 0 Å². The van der Waals surface area contributed by atoms with Crippen molar-refractivity contribution in [2.75, 3.05) is 0 Å². The summed E-state index contributed by atoms with van der Waals surface area (Å²) < 4.78 is 0. The van der Waals surface area contributed by atoms with Gasteiger partial charge in [0.05, 0.1) is 0 Å². The molecular weight excluding hydrogens is 420 g/mol. The van der Waals surface area contributed by atoms with E-state index in [9.17, 15) is 9.59 Å². The van der Waals surface area contributed by atoms with Gasteiger partial charge in [0.2, 0.25) is 11.8 Å². The Balaban J connectivity index is 1.91. The number of benzene rings is 3. The number of carbonyl (C=O) groups is 2. The van der Waals surface area contributed by atoms with Gasteiger partial charge in [-0.15, -0.1) is 0 Å². The van der Waals surface area contributed by atoms with E-state index < -0.39 is 6.04 Å². The van der Waals surface area contributed by atoms with Gasteiger partial charge in [0.1, 0.15) is 6.04 Å². The van der Waals surface area contributed by atoms with Crippen molar-refractivity contribution in [2.45, 2.75) is 65.1 Å². The molecule has 0 radical (unpaired) electrons. The molecule has 3 rings (SSSR count). The smallest absolute Gasteiger partial charge is 0.242 e. The first-order valence-corrected chi connectivity index (χ1v) is 12.1. The van der Waals surface area contributed by atoms with Crippen LogP contribution in [0, 0.1) is 6.92 Å². The first-order chi connectivity index (χ1) is 16.4. The zero-order valence-corrected chi connectivity index (χ0v) is 20.7. The lowest BCUT2D eigenvalue weighted by Gasteiger charge is -2.31. The largest absolute Gasteiger partial charge is 0.352 e. The quantitative estimate of drug-likeness (QED) is 0.416. The van der Waals surface area contributed by atoms with Gasteiger partial charge in [0.25, 0.3) is 0 Å². The molecule has 0 spiro atoms. The second-order valence-electron chi connectivity index (χ2n) is 9.08. The van der Waals surface area contributed by atoms with Gasteiger partial charge in [0, 0.05) is 24.9 Å². The lowest BCUT2D eigenvalue weighted by Crippen LogP contribution is -2.49. The maximum atomic E-state index is 13.8. The molecule has 0 aliphatic rings. The van der Waals surface area contributed by atoms with E-state index >= 15 is 0 Å². The summed E-state index contributed by atoms with van der Waals surface area (Å²) >= 11 is 0. The fourth-order valence-corrected chi connectivity index (χ4v) is 4.15. The Morgan fingerprint density at radius 3 is 1.97 bits per heavy atom. The Kier molecular flexibility index (Phi) is 9.03. The Labute approximate surface area is 204 Å². The lowest BCUT2D eigenvalue weighted by molar-refractivity contribution is -0.141. The topological polar surface area (TPSA) is 49.4 Å². The number of carbonyl (C=O) groups excluding carboxylic acids is 2. The lowest BCUT2D eigenvalue weighted by atomic mass is 9.88. The summed E-state index contributed by atoms with van der Waals surface area (Å²) in [6.45, 7) is 8.28. The minimum absolute atomic E-state index is 0.0361. The number of rotatable bonds is 10. The summed E-state index contributed by atoms with van der Waals surface area (Å²) in [7, 11) is 0. The molecule has 0 heterocycles. The van der Waals surface area contributed by atoms with Crippen LogP contribution in [0.2, 0.25) is 0 Å². The van der Waals surface area contributed by atoms with Crippen molar-refractivity contribution in [3.05, 3.63) is 107 Å². The van der Waals surface area contributed by atoms with Gasteiger partial charge < -0.3 is 10.2 Å². The molecule has 0 fully saturated rings. The Morgan fingerprint density at radius 1 is 0.853 bits per heavy atom. The summed E-state index contributed by atoms with van der Waals surface area (Å²) in [4.78, 5) is 28.6. The zero-order valence-electron chi connectivity index (χ0n) is 20.7. The van der Waals surface area contributed by atoms with Crippen molar-refractivity contribution in [1.82, 2.24) is 10.2 Å². The van der Waals surface area contributed by atoms with Crippen LogP contribution in [0.15, 0.2) is 84.9 Å². The number of nitrogens with zero attached hydrogens (tertiary/aromatic N) is 1. The van der Waals surface area contributed by atoms with E-state index in [-0.39, 0.29) is 23.8 Å². The second kappa shape index (κ2) is 12.2. The van der Waals surface area contributed by atoms with Crippen molar-refractivity contribution < 1.29 is 9.59 Å². The monoisotopic (exact) mass is 456 g/mol. The van der Waals surface area contributed by atoms with Crippen molar-refractivity contribution in [3.8, 4) is 0 Å². The maximum absolute atomic E-state index is 13.8. The SMILES string of the molecule is CC[C@@H](C)NC(=O)[C@@H](C)N(Cc1cccc(C)c1)C(=O)CC(c1ccccc1)c1ccccc1. The average molecular weight is 457 g/mol. The molecule has 0 bridgehead atoms. The molecule has 1 N–H and O–H groups in total. The predicted molar refractivity (Wildman–Crippen MR) is 138 cm³/mol. The molecule has 34 heavy (non-hydrogen) atoms. The molecule has 0 saturated carbocycles. The van der Waals surface area contributed by atoms with Crippen molar-refractivity contribution in [3.63, 3.8) is 0 Å². The maximum Gasteiger partial charge on any atom is 0.242 e. The van der Waals surface area contributed by atoms with Gasteiger partial charge in [0.15, 0.2) is 0 Å². The summed E-state index contributed by atoms with van der Waals surface area (Å²) in [6.07, 6.45) is 1.13. The van der Waals surface area contributed by atoms with Crippen LogP contribution in [0.1, 0.15) is 61.8 Å². The number of hydrogen-bond donors (Lipinski definition) is 1. The number of amides is 2. The molecule has 3 aromatic carbocycles. The van der Waals surface area contributed by atoms with Crippen LogP contribution in [-0.4, -0.2) is 28.8 Å². The van der Waals surface area contributed by atoms with E-state index in [2.05, 4.69) is 35.6 Å². The van der Waals surface area contributed by atoms with Crippen LogP contribution in [0.4, 0.5) is 0 Å². The van der Waals surface area contributed by atoms with Crippen LogP contribution in [0.5, 0.6) is 0 Å². The summed E-state index contributed by atoms with van der Waals surface area (Å²) in [5.41, 5.74) is 4.34. The van der Waals surface area contributed by atoms with Crippen LogP contribution in [0.25, 0.3) is 0 Å². The van der Waals surface area contributed by atoms with E-state index in [1.807, 2.05) is 82.3 Å². The van der Waals surface area contributed by atoms with E-state index in [1.54, 1.807) is 4.90 Å². The molecule has 4 heteroatoms. The van der Waals surface area contributed by atoms with Gasteiger partial charge in [-0.1, -0.05) is 97.4 Å². The number of aryl methyl sites for hydroxylation is 1. The normalized spacial score (nSPS) is 12.7. The number of nitrogens with one attached hydrogen (secondary N) is 1. The molecular formula is C30H36N2O2. The molecule has 0 saturated heterocycles. The van der Waals surface area contributed by atoms with E-state index in [0.29, 0.717) is 13.0 Å². The highest BCUT2D eigenvalue weighted by molar-refractivity contribution is 5.88. The summed E-state index contributed by atoms with van der Waals surface area (Å²) in [5.74, 6) is -0.239. The minimum atomic E-state index is -0.575. The van der Waals surface area contributed by atoms with Crippen molar-refractivity contribution >= 4 is 11.8 Å². The average Bonchev–Trinajstić information content (AvgIpc) is 2.86. The second-order valence-corrected chi connectivity index (χ2v) is 9.08. The summed E-state index contributed by atoms with van der Waals surface area (Å²) in [5, 5.41) is 3.05. The van der Waals surface area contributed by atoms with Crippen LogP contribution < -0.4 is 5.32 Å². The molecule has 2 atom stereocenters. The third kappa shape index (κ3) is 6.80. The highest BCUT2D eigenvalue weighted by atomic mass is 16.2. The van der Waals surface area contributed by atoms with Gasteiger partial charge in [-0.05, 0) is 43.9 Å². The van der Waals surface area contributed by atoms with E-state index in [0.717, 1.165) is 28.7 Å². The molecule has 3 aromatic rings. The Bertz CT molecular complexity index is 1030. The van der Waals surface area contributed by atoms with Gasteiger partial charge in [-0.25, -0.2) is 0 Å². The fraction of sp³-hybridized carbons (Fsp3) is 0.333. The Hall–Kier alpha value is -3.40. The molecule has 2 amide bonds. The molecule has 0 aromatic heterocycles. The molecule has 0 aliphatic heterocycles. The van der Waals surface area contributed by atoms with Crippen molar-refractivity contribution in [2.24, 2.45) is 0 Å². The van der Waals surface area contributed by atoms with Crippen LogP contribution >= 0.6 is 0 Å². The highest BCUT2D eigenvalue weighted by Crippen LogP contribution is 2.29. The molecule has 178 valence electrons. The minimum Gasteiger partial charge on any atom is -0.352 e. The third-order valence-electron chi connectivity index (χ3n) is 6.39. The first-order valence-electron chi connectivity index (χ1n) is 12.1. The van der Waals surface area contributed by atoms with E-state index in [1.165, 1.54) is 0 Å². The van der Waals surface area contributed by atoms with Crippen molar-refractivity contribution in [1.29, 1.82) is 0 Å². The summed E-state index contributed by atoms with van der Waals surface area (Å²) in [6, 6.07) is 27.8. The Morgan fingerprint density at radius 2 is 1.44 bits per heavy atom. The van der Waals surface area contributed by atoms with Gasteiger partial charge in [-0.2, -0.15) is 0 Å². The predicted octanol–water partition coefficient (Wildman–Crippen LogP) is 5.85. The molecule has 4 nitrogen and oxygen atoms in total. The molecule has 0 unspecified atom stereocenters. The van der Waals surface area contributed by atoms with Gasteiger partial charge in [-0.3, -0.25) is 9.59 Å². The number of hydrogen-bond acceptors (Lipinski definition) is 2. The highest BCUT2D eigenvalue weighted by Gasteiger charge is 2.29. The third-order valence-corrected chi connectivity index (χ3v) is 6.39. The standard InChI is InChI=1S/C30H36N2O2/c1-5-23(3)31-30(34)24(4)32(21-25-14-12-13-22(2)19-25)29(33)20-28(26-15-8-6-9-16-26)27-17-10-7-11-18-27/h6-19,23-24,28H,5,20-21H2,1-4H3,(H,31,34)/t23-,24-/m1/s1. The van der Waals surface area contributed by atoms with Gasteiger partial charge >= 0.3 is 0 Å². The van der Waals surface area contributed by atoms with Crippen LogP contribution in [0.3, 0.4) is 0 Å².